The van der Waals surface area contributed by atoms with E-state index in [1.165, 1.54) is 28.2 Å². The maximum absolute atomic E-state index is 13.5. The normalized spacial score (nSPS) is 26.5. The van der Waals surface area contributed by atoms with Gasteiger partial charge in [-0.25, -0.2) is 4.79 Å². The molecule has 31 heavy (non-hydrogen) atoms. The summed E-state index contributed by atoms with van der Waals surface area (Å²) in [6.45, 7) is 5.32. The average Bonchev–Trinajstić information content (AvgIpc) is 3.55. The molecule has 2 bridgehead atoms. The third kappa shape index (κ3) is 3.46. The van der Waals surface area contributed by atoms with E-state index in [0.29, 0.717) is 15.8 Å². The second-order valence-electron chi connectivity index (χ2n) is 8.96. The number of fused-ring (bicyclic) bond motifs is 3. The first-order valence-electron chi connectivity index (χ1n) is 10.9. The largest absolute Gasteiger partial charge is 0.456 e. The number of thiophene rings is 2. The van der Waals surface area contributed by atoms with E-state index in [2.05, 4.69) is 37.3 Å². The number of hydrogen-bond acceptors (Lipinski definition) is 5. The molecule has 6 heteroatoms. The molecular weight excluding hydrogens is 426 g/mol. The lowest BCUT2D eigenvalue weighted by molar-refractivity contribution is -0.970. The van der Waals surface area contributed by atoms with Crippen LogP contribution in [0.5, 0.6) is 0 Å². The van der Waals surface area contributed by atoms with Crippen molar-refractivity contribution in [1.29, 1.82) is 0 Å². The molecule has 3 aliphatic heterocycles. The molecule has 0 spiro atoms. The van der Waals surface area contributed by atoms with Gasteiger partial charge < -0.3 is 14.3 Å². The molecule has 1 aromatic carbocycles. The van der Waals surface area contributed by atoms with Gasteiger partial charge >= 0.3 is 5.97 Å². The first kappa shape index (κ1) is 20.9. The van der Waals surface area contributed by atoms with Crippen molar-refractivity contribution < 1.29 is 19.1 Å². The van der Waals surface area contributed by atoms with E-state index >= 15 is 0 Å². The predicted molar refractivity (Wildman–Crippen MR) is 124 cm³/mol. The van der Waals surface area contributed by atoms with Crippen molar-refractivity contribution in [3.05, 3.63) is 80.7 Å². The molecule has 0 saturated carbocycles. The van der Waals surface area contributed by atoms with Gasteiger partial charge in [-0.1, -0.05) is 42.5 Å². The summed E-state index contributed by atoms with van der Waals surface area (Å²) in [6, 6.07) is 18.5. The summed E-state index contributed by atoms with van der Waals surface area (Å²) >= 11 is 2.78. The van der Waals surface area contributed by atoms with Gasteiger partial charge in [0.15, 0.2) is 0 Å². The summed E-state index contributed by atoms with van der Waals surface area (Å²) in [7, 11) is 0. The van der Waals surface area contributed by atoms with Crippen molar-refractivity contribution >= 4 is 28.6 Å². The minimum Gasteiger partial charge on any atom is -0.456 e. The van der Waals surface area contributed by atoms with E-state index in [1.54, 1.807) is 0 Å². The van der Waals surface area contributed by atoms with Crippen LogP contribution in [0.3, 0.4) is 0 Å². The molecular formula is C25H28NO3S2+. The Morgan fingerprint density at radius 3 is 2.00 bits per heavy atom. The van der Waals surface area contributed by atoms with E-state index in [9.17, 15) is 9.90 Å². The number of esters is 1. The molecule has 1 unspecified atom stereocenters. The van der Waals surface area contributed by atoms with Crippen molar-refractivity contribution in [2.45, 2.75) is 43.4 Å². The number of carbonyl (C=O) groups excluding carboxylic acids is 1. The predicted octanol–water partition coefficient (Wildman–Crippen LogP) is 5.10. The van der Waals surface area contributed by atoms with Crippen molar-refractivity contribution in [3.8, 4) is 0 Å². The summed E-state index contributed by atoms with van der Waals surface area (Å²) in [5.41, 5.74) is -0.815. The highest BCUT2D eigenvalue weighted by Crippen LogP contribution is 2.47. The molecule has 0 amide bonds. The zero-order valence-corrected chi connectivity index (χ0v) is 19.3. The molecule has 5 heterocycles. The third-order valence-corrected chi connectivity index (χ3v) is 9.46. The Labute approximate surface area is 191 Å². The lowest BCUT2D eigenvalue weighted by Gasteiger charge is -2.56. The van der Waals surface area contributed by atoms with E-state index in [0.717, 1.165) is 43.4 Å². The molecule has 1 N–H and O–H groups in total. The van der Waals surface area contributed by atoms with Gasteiger partial charge in [-0.3, -0.25) is 0 Å². The summed E-state index contributed by atoms with van der Waals surface area (Å²) in [6.07, 6.45) is 2.54. The molecule has 0 radical (unpaired) electrons. The van der Waals surface area contributed by atoms with Crippen molar-refractivity contribution in [3.63, 3.8) is 0 Å². The minimum atomic E-state index is -1.73. The Morgan fingerprint density at radius 1 is 0.968 bits per heavy atom. The second-order valence-corrected chi connectivity index (χ2v) is 10.9. The number of ether oxygens (including phenoxy) is 1. The molecule has 3 saturated heterocycles. The molecule has 2 aromatic heterocycles. The van der Waals surface area contributed by atoms with Crippen LogP contribution in [0.4, 0.5) is 0 Å². The number of piperidine rings is 3. The van der Waals surface area contributed by atoms with Crippen LogP contribution in [0.1, 0.15) is 47.5 Å². The molecule has 1 atom stereocenters. The van der Waals surface area contributed by atoms with E-state index in [-0.39, 0.29) is 0 Å². The van der Waals surface area contributed by atoms with Crippen LogP contribution in [-0.2, 0) is 15.1 Å². The van der Waals surface area contributed by atoms with Crippen LogP contribution in [0.2, 0.25) is 0 Å². The monoisotopic (exact) mass is 454 g/mol. The van der Waals surface area contributed by atoms with Crippen LogP contribution in [0, 0.1) is 0 Å². The number of rotatable bonds is 6. The standard InChI is InChI=1S/C25H28NO3S2/c1-19(20-7-3-2-4-8-20)26-14-11-24(12-15-26,13-16-26)29-23(27)25(28,21-9-5-17-30-21)22-10-6-18-31-22/h2-10,17-19,28H,11-16H2,1H3/q+1. The Hall–Kier alpha value is -1.99. The Balaban J connectivity index is 1.36. The van der Waals surface area contributed by atoms with Gasteiger partial charge in [-0.2, -0.15) is 0 Å². The number of nitrogens with zero attached hydrogens (tertiary/aromatic N) is 1. The number of quaternary nitrogens is 1. The summed E-state index contributed by atoms with van der Waals surface area (Å²) in [4.78, 5) is 14.7. The highest BCUT2D eigenvalue weighted by Gasteiger charge is 2.56. The van der Waals surface area contributed by atoms with Gasteiger partial charge in [-0.15, -0.1) is 22.7 Å². The first-order chi connectivity index (χ1) is 15.0. The quantitative estimate of drug-likeness (QED) is 0.416. The fourth-order valence-corrected chi connectivity index (χ4v) is 7.05. The fourth-order valence-electron chi connectivity index (χ4n) is 5.33. The number of benzene rings is 1. The van der Waals surface area contributed by atoms with Crippen molar-refractivity contribution in [2.75, 3.05) is 19.6 Å². The minimum absolute atomic E-state index is 0.435. The summed E-state index contributed by atoms with van der Waals surface area (Å²) < 4.78 is 7.28. The Kier molecular flexibility index (Phi) is 5.29. The average molecular weight is 455 g/mol. The Morgan fingerprint density at radius 2 is 1.52 bits per heavy atom. The Bertz CT molecular complexity index is 971. The highest BCUT2D eigenvalue weighted by atomic mass is 32.1. The molecule has 3 fully saturated rings. The van der Waals surface area contributed by atoms with Crippen LogP contribution >= 0.6 is 22.7 Å². The van der Waals surface area contributed by atoms with Crippen LogP contribution in [0.15, 0.2) is 65.4 Å². The SMILES string of the molecule is CC(c1ccccc1)[N+]12CCC(OC(=O)C(O)(c3cccs3)c3cccs3)(CC1)CC2. The fraction of sp³-hybridized carbons (Fsp3) is 0.400. The molecule has 3 aliphatic rings. The topological polar surface area (TPSA) is 46.5 Å². The lowest BCUT2D eigenvalue weighted by atomic mass is 9.79. The third-order valence-electron chi connectivity index (χ3n) is 7.50. The maximum Gasteiger partial charge on any atom is 0.349 e. The second kappa shape index (κ2) is 7.85. The molecule has 3 aromatic rings. The lowest BCUT2D eigenvalue weighted by Crippen LogP contribution is -2.66. The van der Waals surface area contributed by atoms with Gasteiger partial charge in [-0.05, 0) is 29.8 Å². The van der Waals surface area contributed by atoms with Crippen LogP contribution in [0.25, 0.3) is 0 Å². The number of hydrogen-bond donors (Lipinski definition) is 1. The zero-order chi connectivity index (χ0) is 21.5. The van der Waals surface area contributed by atoms with Crippen LogP contribution in [-0.4, -0.2) is 40.8 Å². The van der Waals surface area contributed by atoms with Gasteiger partial charge in [0.25, 0.3) is 0 Å². The number of carbonyl (C=O) groups is 1. The summed E-state index contributed by atoms with van der Waals surface area (Å²) in [5, 5.41) is 15.4. The van der Waals surface area contributed by atoms with Gasteiger partial charge in [0.1, 0.15) is 11.6 Å². The van der Waals surface area contributed by atoms with Gasteiger partial charge in [0.05, 0.1) is 29.4 Å². The number of aliphatic hydroxyl groups is 1. The van der Waals surface area contributed by atoms with Crippen molar-refractivity contribution in [2.24, 2.45) is 0 Å². The van der Waals surface area contributed by atoms with Crippen molar-refractivity contribution in [1.82, 2.24) is 0 Å². The van der Waals surface area contributed by atoms with Gasteiger partial charge in [0, 0.05) is 24.8 Å². The van der Waals surface area contributed by atoms with E-state index < -0.39 is 17.2 Å². The van der Waals surface area contributed by atoms with E-state index in [1.807, 2.05) is 35.0 Å². The molecule has 0 aliphatic carbocycles. The van der Waals surface area contributed by atoms with Gasteiger partial charge in [0.2, 0.25) is 5.60 Å². The summed E-state index contributed by atoms with van der Waals surface area (Å²) in [5.74, 6) is -0.532. The van der Waals surface area contributed by atoms with E-state index in [4.69, 9.17) is 4.74 Å². The zero-order valence-electron chi connectivity index (χ0n) is 17.7. The molecule has 162 valence electrons. The first-order valence-corrected chi connectivity index (χ1v) is 12.7. The highest BCUT2D eigenvalue weighted by molar-refractivity contribution is 7.12. The maximum atomic E-state index is 13.5. The molecule has 6 rings (SSSR count). The molecule has 4 nitrogen and oxygen atoms in total. The van der Waals surface area contributed by atoms with Crippen LogP contribution < -0.4 is 0 Å². The smallest absolute Gasteiger partial charge is 0.349 e.